The number of benzene rings is 3. The third kappa shape index (κ3) is 4.33. The van der Waals surface area contributed by atoms with E-state index in [4.69, 9.17) is 49.1 Å². The summed E-state index contributed by atoms with van der Waals surface area (Å²) in [5.74, 6) is 0.317. The second kappa shape index (κ2) is 9.89. The van der Waals surface area contributed by atoms with E-state index in [1.165, 1.54) is 0 Å². The molecule has 40 heavy (non-hydrogen) atoms. The van der Waals surface area contributed by atoms with Crippen LogP contribution >= 0.6 is 62.5 Å². The van der Waals surface area contributed by atoms with Crippen molar-refractivity contribution < 1.29 is 13.9 Å². The van der Waals surface area contributed by atoms with Crippen LogP contribution in [0.4, 0.5) is 4.79 Å². The molecule has 3 aliphatic rings. The molecular weight excluding hydrogens is 657 g/mol. The first-order valence-electron chi connectivity index (χ1n) is 12.2. The molecule has 2 atom stereocenters. The van der Waals surface area contributed by atoms with E-state index in [-0.39, 0.29) is 11.3 Å². The molecule has 6 nitrogen and oxygen atoms in total. The largest absolute Gasteiger partial charge is 0.457 e. The predicted molar refractivity (Wildman–Crippen MR) is 163 cm³/mol. The van der Waals surface area contributed by atoms with Gasteiger partial charge in [-0.05, 0) is 78.0 Å². The van der Waals surface area contributed by atoms with Gasteiger partial charge in [-0.1, -0.05) is 68.9 Å². The molecule has 200 valence electrons. The minimum absolute atomic E-state index is 0.191. The number of rotatable bonds is 3. The van der Waals surface area contributed by atoms with Gasteiger partial charge >= 0.3 is 5.85 Å². The summed E-state index contributed by atoms with van der Waals surface area (Å²) in [7, 11) is 0. The minimum Gasteiger partial charge on any atom is -0.457 e. The minimum atomic E-state index is -1.36. The molecule has 1 amide bonds. The maximum absolute atomic E-state index is 12.9. The first kappa shape index (κ1) is 26.0. The van der Waals surface area contributed by atoms with Gasteiger partial charge in [0.1, 0.15) is 17.3 Å². The summed E-state index contributed by atoms with van der Waals surface area (Å²) in [6.07, 6.45) is 2.40. The standard InChI is InChI=1S/C29H17BrCl3N3O3S/c30-16-6-10-24-19(12-16)23-14-22(15-4-7-17(31)8-5-15)35-36(23)29(39-24)26(40-28(37)34-29)13-18-9-11-25(38-18)27-20(32)2-1-3-21(27)33/h1-13,23H,14H2,(H,34,37)/b26-13-. The lowest BCUT2D eigenvalue weighted by atomic mass is 9.96. The number of amides is 1. The zero-order valence-corrected chi connectivity index (χ0v) is 25.0. The van der Waals surface area contributed by atoms with Crippen molar-refractivity contribution in [3.63, 3.8) is 0 Å². The molecule has 0 bridgehead atoms. The molecule has 3 aliphatic heterocycles. The van der Waals surface area contributed by atoms with Crippen molar-refractivity contribution in [3.8, 4) is 17.1 Å². The van der Waals surface area contributed by atoms with E-state index in [2.05, 4.69) is 21.2 Å². The lowest BCUT2D eigenvalue weighted by molar-refractivity contribution is -0.0949. The highest BCUT2D eigenvalue weighted by Gasteiger charge is 2.58. The number of hydrogen-bond donors (Lipinski definition) is 1. The maximum Gasteiger partial charge on any atom is 0.314 e. The number of halogens is 4. The van der Waals surface area contributed by atoms with Crippen LogP contribution in [0, 0.1) is 0 Å². The van der Waals surface area contributed by atoms with Gasteiger partial charge in [0.05, 0.1) is 32.3 Å². The molecule has 11 heteroatoms. The number of hydrogen-bond acceptors (Lipinski definition) is 6. The van der Waals surface area contributed by atoms with Gasteiger partial charge in [0, 0.05) is 21.5 Å². The normalized spacial score (nSPS) is 22.2. The van der Waals surface area contributed by atoms with Crippen LogP contribution in [0.3, 0.4) is 0 Å². The Hall–Kier alpha value is -2.88. The van der Waals surface area contributed by atoms with E-state index in [1.54, 1.807) is 36.4 Å². The first-order chi connectivity index (χ1) is 19.3. The Morgan fingerprint density at radius 3 is 2.60 bits per heavy atom. The van der Waals surface area contributed by atoms with Gasteiger partial charge in [0.15, 0.2) is 0 Å². The number of furan rings is 1. The van der Waals surface area contributed by atoms with Crippen LogP contribution < -0.4 is 10.1 Å². The van der Waals surface area contributed by atoms with Gasteiger partial charge in [0.2, 0.25) is 0 Å². The van der Waals surface area contributed by atoms with Crippen LogP contribution in [0.5, 0.6) is 5.75 Å². The zero-order valence-electron chi connectivity index (χ0n) is 20.3. The quantitative estimate of drug-likeness (QED) is 0.235. The van der Waals surface area contributed by atoms with Crippen molar-refractivity contribution in [1.29, 1.82) is 0 Å². The van der Waals surface area contributed by atoms with Crippen LogP contribution in [-0.4, -0.2) is 21.8 Å². The third-order valence-corrected chi connectivity index (χ3v) is 9.19. The highest BCUT2D eigenvalue weighted by Crippen LogP contribution is 2.53. The monoisotopic (exact) mass is 671 g/mol. The molecule has 0 radical (unpaired) electrons. The molecule has 3 aromatic carbocycles. The molecular formula is C29H17BrCl3N3O3S. The topological polar surface area (TPSA) is 67.1 Å². The smallest absolute Gasteiger partial charge is 0.314 e. The summed E-state index contributed by atoms with van der Waals surface area (Å²) in [6, 6.07) is 22.1. The molecule has 4 heterocycles. The summed E-state index contributed by atoms with van der Waals surface area (Å²) in [4.78, 5) is 13.5. The molecule has 1 saturated heterocycles. The second-order valence-electron chi connectivity index (χ2n) is 9.37. The van der Waals surface area contributed by atoms with Crippen LogP contribution in [0.25, 0.3) is 17.4 Å². The van der Waals surface area contributed by atoms with Crippen molar-refractivity contribution in [2.24, 2.45) is 5.10 Å². The number of nitrogens with zero attached hydrogens (tertiary/aromatic N) is 2. The van der Waals surface area contributed by atoms with E-state index in [0.29, 0.717) is 49.2 Å². The van der Waals surface area contributed by atoms with Crippen LogP contribution in [-0.2, 0) is 0 Å². The molecule has 1 spiro atoms. The number of hydrazone groups is 1. The van der Waals surface area contributed by atoms with Crippen LogP contribution in [0.15, 0.2) is 91.7 Å². The third-order valence-electron chi connectivity index (χ3n) is 6.92. The SMILES string of the molecule is O=C1NC2(Oc3ccc(Br)cc3C3CC(c4ccc(Cl)cc4)=NN32)/C(=C/c2ccc(-c3c(Cl)cccc3Cl)o2)S1. The molecule has 1 N–H and O–H groups in total. The Balaban J connectivity index is 1.34. The van der Waals surface area contributed by atoms with Gasteiger partial charge in [-0.2, -0.15) is 5.10 Å². The zero-order chi connectivity index (χ0) is 27.6. The van der Waals surface area contributed by atoms with E-state index in [1.807, 2.05) is 47.5 Å². The Morgan fingerprint density at radius 1 is 1.05 bits per heavy atom. The first-order valence-corrected chi connectivity index (χ1v) is 14.9. The van der Waals surface area contributed by atoms with Gasteiger partial charge in [-0.15, -0.1) is 0 Å². The molecule has 0 saturated carbocycles. The molecule has 2 unspecified atom stereocenters. The van der Waals surface area contributed by atoms with E-state index in [0.717, 1.165) is 33.1 Å². The Labute approximate surface area is 257 Å². The Morgan fingerprint density at radius 2 is 1.82 bits per heavy atom. The predicted octanol–water partition coefficient (Wildman–Crippen LogP) is 9.36. The molecule has 0 aliphatic carbocycles. The van der Waals surface area contributed by atoms with E-state index in [9.17, 15) is 4.79 Å². The lowest BCUT2D eigenvalue weighted by Gasteiger charge is -2.45. The molecule has 4 aromatic rings. The summed E-state index contributed by atoms with van der Waals surface area (Å²) in [6.45, 7) is 0. The maximum atomic E-state index is 12.9. The van der Waals surface area contributed by atoms with Crippen molar-refractivity contribution in [3.05, 3.63) is 114 Å². The highest BCUT2D eigenvalue weighted by molar-refractivity contribution is 9.10. The number of nitrogens with one attached hydrogen (secondary N) is 1. The van der Waals surface area contributed by atoms with Crippen LogP contribution in [0.1, 0.15) is 29.3 Å². The molecule has 7 rings (SSSR count). The summed E-state index contributed by atoms with van der Waals surface area (Å²) in [5.41, 5.74) is 3.37. The highest BCUT2D eigenvalue weighted by atomic mass is 79.9. The van der Waals surface area contributed by atoms with E-state index < -0.39 is 5.85 Å². The number of carbonyl (C=O) groups excluding carboxylic acids is 1. The van der Waals surface area contributed by atoms with Gasteiger partial charge in [0.25, 0.3) is 5.24 Å². The van der Waals surface area contributed by atoms with Gasteiger partial charge < -0.3 is 9.15 Å². The van der Waals surface area contributed by atoms with Gasteiger partial charge in [-0.3, -0.25) is 10.1 Å². The fourth-order valence-electron chi connectivity index (χ4n) is 5.13. The number of carbonyl (C=O) groups is 1. The van der Waals surface area contributed by atoms with Crippen molar-refractivity contribution in [2.45, 2.75) is 18.3 Å². The summed E-state index contributed by atoms with van der Waals surface area (Å²) < 4.78 is 13.7. The van der Waals surface area contributed by atoms with Crippen molar-refractivity contribution in [2.75, 3.05) is 0 Å². The van der Waals surface area contributed by atoms with Crippen LogP contribution in [0.2, 0.25) is 15.1 Å². The lowest BCUT2D eigenvalue weighted by Crippen LogP contribution is -2.61. The molecule has 1 aromatic heterocycles. The summed E-state index contributed by atoms with van der Waals surface area (Å²) in [5, 5.41) is 11.2. The van der Waals surface area contributed by atoms with Gasteiger partial charge in [-0.25, -0.2) is 5.01 Å². The average Bonchev–Trinajstić information content (AvgIpc) is 3.64. The van der Waals surface area contributed by atoms with Crippen molar-refractivity contribution in [1.82, 2.24) is 10.3 Å². The Kier molecular flexibility index (Phi) is 6.44. The fourth-order valence-corrected chi connectivity index (χ4v) is 7.11. The number of fused-ring (bicyclic) bond motifs is 4. The average molecular weight is 674 g/mol. The number of ether oxygens (including phenoxy) is 1. The number of thioether (sulfide) groups is 1. The molecule has 1 fully saturated rings. The Bertz CT molecular complexity index is 1740. The summed E-state index contributed by atoms with van der Waals surface area (Å²) >= 11 is 23.6. The second-order valence-corrected chi connectivity index (χ2v) is 12.5. The van der Waals surface area contributed by atoms with E-state index >= 15 is 0 Å². The fraction of sp³-hybridized carbons (Fsp3) is 0.103. The van der Waals surface area contributed by atoms with Crippen molar-refractivity contribution >= 4 is 79.5 Å².